The largest absolute Gasteiger partial charge is 0.374 e. The minimum absolute atomic E-state index is 1.07. The Morgan fingerprint density at radius 3 is 2.80 bits per heavy atom. The van der Waals surface area contributed by atoms with E-state index < -0.39 is 0 Å². The van der Waals surface area contributed by atoms with Crippen molar-refractivity contribution < 1.29 is 0 Å². The van der Waals surface area contributed by atoms with Gasteiger partial charge in [-0.2, -0.15) is 0 Å². The van der Waals surface area contributed by atoms with Crippen molar-refractivity contribution in [2.75, 3.05) is 13.6 Å². The topological polar surface area (TPSA) is 3.24 Å². The van der Waals surface area contributed by atoms with Gasteiger partial charge in [-0.05, 0) is 25.0 Å². The van der Waals surface area contributed by atoms with E-state index in [0.29, 0.717) is 0 Å². The molecule has 56 valence electrons. The van der Waals surface area contributed by atoms with Gasteiger partial charge in [0, 0.05) is 19.3 Å². The van der Waals surface area contributed by atoms with Crippen LogP contribution in [-0.4, -0.2) is 18.5 Å². The van der Waals surface area contributed by atoms with Gasteiger partial charge in [0.05, 0.1) is 0 Å². The maximum Gasteiger partial charge on any atom is 0.0358 e. The fourth-order valence-corrected chi connectivity index (χ4v) is 1.08. The standard InChI is InChI=1S/C9H15N/c1-4-9-5-6-10(3)8(2)7-9/h5,7H,4,6H2,1-3H3. The predicted molar refractivity (Wildman–Crippen MR) is 44.8 cm³/mol. The summed E-state index contributed by atoms with van der Waals surface area (Å²) in [4.78, 5) is 2.25. The monoisotopic (exact) mass is 137 g/mol. The van der Waals surface area contributed by atoms with Crippen molar-refractivity contribution in [2.45, 2.75) is 20.3 Å². The first-order valence-electron chi connectivity index (χ1n) is 3.82. The second-order valence-electron chi connectivity index (χ2n) is 2.80. The maximum absolute atomic E-state index is 2.28. The SMILES string of the molecule is CCC1=CCN(C)C(C)=C1. The molecule has 1 heteroatoms. The Bertz CT molecular complexity index is 177. The first kappa shape index (κ1) is 7.39. The summed E-state index contributed by atoms with van der Waals surface area (Å²) in [5, 5.41) is 0. The minimum Gasteiger partial charge on any atom is -0.374 e. The highest BCUT2D eigenvalue weighted by Gasteiger charge is 2.03. The maximum atomic E-state index is 2.28. The Balaban J connectivity index is 2.69. The van der Waals surface area contributed by atoms with Crippen molar-refractivity contribution in [2.24, 2.45) is 0 Å². The number of allylic oxidation sites excluding steroid dienone is 3. The molecule has 0 aromatic heterocycles. The van der Waals surface area contributed by atoms with Crippen LogP contribution in [0.15, 0.2) is 23.4 Å². The average molecular weight is 137 g/mol. The normalized spacial score (nSPS) is 18.5. The zero-order valence-electron chi connectivity index (χ0n) is 7.02. The van der Waals surface area contributed by atoms with E-state index in [1.807, 2.05) is 0 Å². The van der Waals surface area contributed by atoms with Crippen LogP contribution in [-0.2, 0) is 0 Å². The van der Waals surface area contributed by atoms with Gasteiger partial charge in [-0.25, -0.2) is 0 Å². The van der Waals surface area contributed by atoms with Crippen LogP contribution in [0.25, 0.3) is 0 Å². The Morgan fingerprint density at radius 2 is 2.30 bits per heavy atom. The molecule has 0 unspecified atom stereocenters. The number of nitrogens with zero attached hydrogens (tertiary/aromatic N) is 1. The zero-order valence-corrected chi connectivity index (χ0v) is 7.02. The summed E-state index contributed by atoms with van der Waals surface area (Å²) in [7, 11) is 2.12. The van der Waals surface area contributed by atoms with E-state index >= 15 is 0 Å². The molecule has 0 fully saturated rings. The van der Waals surface area contributed by atoms with Crippen molar-refractivity contribution in [3.63, 3.8) is 0 Å². The lowest BCUT2D eigenvalue weighted by Gasteiger charge is -2.22. The van der Waals surface area contributed by atoms with Gasteiger partial charge in [-0.15, -0.1) is 0 Å². The Hall–Kier alpha value is -0.720. The number of hydrogen-bond donors (Lipinski definition) is 0. The molecule has 0 amide bonds. The third kappa shape index (κ3) is 1.41. The van der Waals surface area contributed by atoms with Crippen molar-refractivity contribution >= 4 is 0 Å². The lowest BCUT2D eigenvalue weighted by Crippen LogP contribution is -2.18. The van der Waals surface area contributed by atoms with Crippen molar-refractivity contribution in [1.29, 1.82) is 0 Å². The average Bonchev–Trinajstić information content (AvgIpc) is 1.95. The molecule has 0 bridgehead atoms. The van der Waals surface area contributed by atoms with E-state index in [-0.39, 0.29) is 0 Å². The predicted octanol–water partition coefficient (Wildman–Crippen LogP) is 2.17. The van der Waals surface area contributed by atoms with E-state index in [1.165, 1.54) is 11.3 Å². The molecule has 1 rings (SSSR count). The van der Waals surface area contributed by atoms with E-state index in [9.17, 15) is 0 Å². The van der Waals surface area contributed by atoms with Gasteiger partial charge >= 0.3 is 0 Å². The Kier molecular flexibility index (Phi) is 2.15. The van der Waals surface area contributed by atoms with Crippen molar-refractivity contribution in [3.8, 4) is 0 Å². The molecule has 0 spiro atoms. The van der Waals surface area contributed by atoms with Crippen LogP contribution in [0.4, 0.5) is 0 Å². The van der Waals surface area contributed by atoms with Crippen LogP contribution >= 0.6 is 0 Å². The molecule has 10 heavy (non-hydrogen) atoms. The molecule has 0 radical (unpaired) electrons. The highest BCUT2D eigenvalue weighted by molar-refractivity contribution is 5.26. The highest BCUT2D eigenvalue weighted by atomic mass is 15.1. The van der Waals surface area contributed by atoms with Gasteiger partial charge in [-0.1, -0.05) is 13.0 Å². The number of hydrogen-bond acceptors (Lipinski definition) is 1. The van der Waals surface area contributed by atoms with Crippen LogP contribution in [0.2, 0.25) is 0 Å². The summed E-state index contributed by atoms with van der Waals surface area (Å²) < 4.78 is 0. The van der Waals surface area contributed by atoms with Crippen LogP contribution < -0.4 is 0 Å². The van der Waals surface area contributed by atoms with E-state index in [2.05, 4.69) is 37.9 Å². The van der Waals surface area contributed by atoms with E-state index in [1.54, 1.807) is 0 Å². The smallest absolute Gasteiger partial charge is 0.0358 e. The first-order chi connectivity index (χ1) is 4.74. The first-order valence-corrected chi connectivity index (χ1v) is 3.82. The second kappa shape index (κ2) is 2.91. The summed E-state index contributed by atoms with van der Waals surface area (Å²) in [6.07, 6.45) is 5.70. The molecular weight excluding hydrogens is 122 g/mol. The summed E-state index contributed by atoms with van der Waals surface area (Å²) in [5.41, 5.74) is 2.84. The number of rotatable bonds is 1. The molecule has 1 aliphatic heterocycles. The lowest BCUT2D eigenvalue weighted by atomic mass is 10.1. The van der Waals surface area contributed by atoms with Crippen molar-refractivity contribution in [3.05, 3.63) is 23.4 Å². The van der Waals surface area contributed by atoms with Gasteiger partial charge in [0.25, 0.3) is 0 Å². The van der Waals surface area contributed by atoms with E-state index in [4.69, 9.17) is 0 Å². The molecule has 0 saturated carbocycles. The molecule has 0 aromatic rings. The third-order valence-electron chi connectivity index (χ3n) is 2.03. The molecule has 1 heterocycles. The van der Waals surface area contributed by atoms with Gasteiger partial charge < -0.3 is 4.90 Å². The summed E-state index contributed by atoms with van der Waals surface area (Å²) >= 11 is 0. The van der Waals surface area contributed by atoms with Gasteiger partial charge in [0.2, 0.25) is 0 Å². The fraction of sp³-hybridized carbons (Fsp3) is 0.556. The molecule has 1 nitrogen and oxygen atoms in total. The molecule has 0 N–H and O–H groups in total. The highest BCUT2D eigenvalue weighted by Crippen LogP contribution is 2.14. The van der Waals surface area contributed by atoms with Gasteiger partial charge in [0.1, 0.15) is 0 Å². The van der Waals surface area contributed by atoms with Gasteiger partial charge in [-0.3, -0.25) is 0 Å². The van der Waals surface area contributed by atoms with Crippen LogP contribution in [0, 0.1) is 0 Å². The summed E-state index contributed by atoms with van der Waals surface area (Å²) in [5.74, 6) is 0. The van der Waals surface area contributed by atoms with Crippen molar-refractivity contribution in [1.82, 2.24) is 4.90 Å². The summed E-state index contributed by atoms with van der Waals surface area (Å²) in [6, 6.07) is 0. The summed E-state index contributed by atoms with van der Waals surface area (Å²) in [6.45, 7) is 5.43. The Morgan fingerprint density at radius 1 is 1.60 bits per heavy atom. The van der Waals surface area contributed by atoms with E-state index in [0.717, 1.165) is 13.0 Å². The molecule has 1 aliphatic rings. The zero-order chi connectivity index (χ0) is 7.56. The quantitative estimate of drug-likeness (QED) is 0.535. The fourth-order valence-electron chi connectivity index (χ4n) is 1.08. The Labute approximate surface area is 63.0 Å². The van der Waals surface area contributed by atoms with Crippen LogP contribution in [0.3, 0.4) is 0 Å². The third-order valence-corrected chi connectivity index (χ3v) is 2.03. The molecule has 0 saturated heterocycles. The van der Waals surface area contributed by atoms with Crippen LogP contribution in [0.5, 0.6) is 0 Å². The molecular formula is C9H15N. The molecule has 0 aliphatic carbocycles. The van der Waals surface area contributed by atoms with Crippen LogP contribution in [0.1, 0.15) is 20.3 Å². The molecule has 0 atom stereocenters. The second-order valence-corrected chi connectivity index (χ2v) is 2.80. The lowest BCUT2D eigenvalue weighted by molar-refractivity contribution is 0.457. The molecule has 0 aromatic carbocycles. The van der Waals surface area contributed by atoms with Gasteiger partial charge in [0.15, 0.2) is 0 Å². The minimum atomic E-state index is 1.07. The number of likely N-dealkylation sites (N-methyl/N-ethyl adjacent to an activating group) is 1.